The van der Waals surface area contributed by atoms with Crippen LogP contribution in [0, 0.1) is 5.82 Å². The van der Waals surface area contributed by atoms with Crippen molar-refractivity contribution in [2.45, 2.75) is 31.9 Å². The summed E-state index contributed by atoms with van der Waals surface area (Å²) in [6.07, 6.45) is 1.90. The average Bonchev–Trinajstić information content (AvgIpc) is 2.88. The number of halogens is 1. The molecule has 0 unspecified atom stereocenters. The quantitative estimate of drug-likeness (QED) is 0.434. The van der Waals surface area contributed by atoms with Gasteiger partial charge < -0.3 is 26.4 Å². The van der Waals surface area contributed by atoms with Gasteiger partial charge in [0.25, 0.3) is 11.8 Å². The molecule has 4 rings (SSSR count). The van der Waals surface area contributed by atoms with Crippen LogP contribution in [0.4, 0.5) is 20.6 Å². The summed E-state index contributed by atoms with van der Waals surface area (Å²) in [5.41, 5.74) is 12.7. The van der Waals surface area contributed by atoms with Crippen molar-refractivity contribution in [2.24, 2.45) is 5.73 Å². The summed E-state index contributed by atoms with van der Waals surface area (Å²) in [6.45, 7) is 0.647. The molecule has 3 aromatic rings. The molecule has 0 spiro atoms. The maximum absolute atomic E-state index is 15.1. The number of primary amides is 1. The maximum atomic E-state index is 15.1. The third-order valence-corrected chi connectivity index (χ3v) is 6.18. The fourth-order valence-electron chi connectivity index (χ4n) is 4.30. The number of rotatable bonds is 6. The summed E-state index contributed by atoms with van der Waals surface area (Å²) < 4.78 is 20.6. The molecule has 0 saturated carbocycles. The Labute approximate surface area is 208 Å². The molecule has 36 heavy (non-hydrogen) atoms. The molecule has 0 radical (unpaired) electrons. The lowest BCUT2D eigenvalue weighted by Crippen LogP contribution is -2.38. The summed E-state index contributed by atoms with van der Waals surface area (Å²) >= 11 is 0. The van der Waals surface area contributed by atoms with Crippen molar-refractivity contribution < 1.29 is 23.5 Å². The normalized spacial score (nSPS) is 15.2. The predicted molar refractivity (Wildman–Crippen MR) is 134 cm³/mol. The van der Waals surface area contributed by atoms with E-state index in [2.05, 4.69) is 5.32 Å². The number of benzene rings is 3. The van der Waals surface area contributed by atoms with Crippen LogP contribution >= 0.6 is 0 Å². The summed E-state index contributed by atoms with van der Waals surface area (Å²) in [6, 6.07) is 17.7. The minimum Gasteiger partial charge on any atom is -0.445 e. The Morgan fingerprint density at radius 1 is 1.00 bits per heavy atom. The van der Waals surface area contributed by atoms with E-state index >= 15 is 4.39 Å². The van der Waals surface area contributed by atoms with Crippen LogP contribution in [0.25, 0.3) is 0 Å². The van der Waals surface area contributed by atoms with E-state index in [0.29, 0.717) is 18.5 Å². The topological polar surface area (TPSA) is 128 Å². The van der Waals surface area contributed by atoms with Crippen molar-refractivity contribution in [3.8, 4) is 0 Å². The van der Waals surface area contributed by atoms with Gasteiger partial charge >= 0.3 is 6.09 Å². The minimum absolute atomic E-state index is 0.00207. The number of amides is 3. The molecular formula is C27H27FN4O4. The maximum Gasteiger partial charge on any atom is 0.410 e. The number of anilines is 2. The van der Waals surface area contributed by atoms with Gasteiger partial charge in [0.15, 0.2) is 0 Å². The second kappa shape index (κ2) is 10.9. The highest BCUT2D eigenvalue weighted by atomic mass is 19.1. The minimum atomic E-state index is -0.738. The highest BCUT2D eigenvalue weighted by Gasteiger charge is 2.30. The van der Waals surface area contributed by atoms with Crippen LogP contribution in [0.1, 0.15) is 57.1 Å². The molecule has 186 valence electrons. The highest BCUT2D eigenvalue weighted by molar-refractivity contribution is 6.08. The van der Waals surface area contributed by atoms with Crippen molar-refractivity contribution in [3.63, 3.8) is 0 Å². The molecule has 1 heterocycles. The van der Waals surface area contributed by atoms with Crippen LogP contribution < -0.4 is 16.8 Å². The lowest BCUT2D eigenvalue weighted by atomic mass is 9.94. The zero-order valence-electron chi connectivity index (χ0n) is 19.6. The molecule has 5 N–H and O–H groups in total. The van der Waals surface area contributed by atoms with E-state index in [-0.39, 0.29) is 35.2 Å². The third-order valence-electron chi connectivity index (χ3n) is 6.18. The smallest absolute Gasteiger partial charge is 0.410 e. The van der Waals surface area contributed by atoms with Gasteiger partial charge in [0.1, 0.15) is 12.4 Å². The van der Waals surface area contributed by atoms with Crippen molar-refractivity contribution in [3.05, 3.63) is 94.8 Å². The number of nitrogens with zero attached hydrogens (tertiary/aromatic N) is 1. The van der Waals surface area contributed by atoms with E-state index in [1.54, 1.807) is 11.0 Å². The molecule has 1 aliphatic rings. The van der Waals surface area contributed by atoms with Crippen LogP contribution in [0.2, 0.25) is 0 Å². The second-order valence-electron chi connectivity index (χ2n) is 8.57. The highest BCUT2D eigenvalue weighted by Crippen LogP contribution is 2.33. The van der Waals surface area contributed by atoms with Gasteiger partial charge in [0.2, 0.25) is 0 Å². The first-order valence-corrected chi connectivity index (χ1v) is 11.6. The Bertz CT molecular complexity index is 1280. The summed E-state index contributed by atoms with van der Waals surface area (Å²) in [5.74, 6) is -2.20. The molecule has 0 aliphatic carbocycles. The Morgan fingerprint density at radius 2 is 1.78 bits per heavy atom. The number of nitrogen functional groups attached to an aromatic ring is 1. The molecule has 1 saturated heterocycles. The van der Waals surface area contributed by atoms with Gasteiger partial charge in [0.05, 0.1) is 28.5 Å². The molecular weight excluding hydrogens is 463 g/mol. The number of hydrogen-bond acceptors (Lipinski definition) is 5. The molecule has 0 bridgehead atoms. The monoisotopic (exact) mass is 490 g/mol. The number of likely N-dealkylation sites (tertiary alicyclic amines) is 1. The van der Waals surface area contributed by atoms with E-state index < -0.39 is 23.7 Å². The molecule has 1 atom stereocenters. The van der Waals surface area contributed by atoms with E-state index in [0.717, 1.165) is 18.4 Å². The van der Waals surface area contributed by atoms with Gasteiger partial charge in [-0.05, 0) is 54.7 Å². The van der Waals surface area contributed by atoms with Gasteiger partial charge in [-0.3, -0.25) is 9.59 Å². The molecule has 1 aliphatic heterocycles. The lowest BCUT2D eigenvalue weighted by molar-refractivity contribution is 0.0677. The van der Waals surface area contributed by atoms with Gasteiger partial charge in [0, 0.05) is 6.54 Å². The lowest BCUT2D eigenvalue weighted by Gasteiger charge is -2.35. The van der Waals surface area contributed by atoms with E-state index in [9.17, 15) is 14.4 Å². The van der Waals surface area contributed by atoms with E-state index in [4.69, 9.17) is 16.2 Å². The van der Waals surface area contributed by atoms with E-state index in [1.807, 2.05) is 30.3 Å². The third kappa shape index (κ3) is 5.46. The van der Waals surface area contributed by atoms with Gasteiger partial charge in [-0.2, -0.15) is 0 Å². The number of piperidine rings is 1. The number of para-hydroxylation sites is 1. The van der Waals surface area contributed by atoms with Crippen LogP contribution in [0.15, 0.2) is 66.7 Å². The Hall–Kier alpha value is -4.40. The summed E-state index contributed by atoms with van der Waals surface area (Å²) in [4.78, 5) is 38.7. The fraction of sp³-hybridized carbons (Fsp3) is 0.222. The number of hydrogen-bond donors (Lipinski definition) is 3. The van der Waals surface area contributed by atoms with Crippen molar-refractivity contribution in [1.29, 1.82) is 0 Å². The van der Waals surface area contributed by atoms with Crippen molar-refractivity contribution >= 4 is 29.3 Å². The average molecular weight is 491 g/mol. The van der Waals surface area contributed by atoms with Crippen molar-refractivity contribution in [1.82, 2.24) is 4.90 Å². The van der Waals surface area contributed by atoms with Crippen LogP contribution in [0.3, 0.4) is 0 Å². The first-order valence-electron chi connectivity index (χ1n) is 11.6. The standard InChI is InChI=1S/C27H27FN4O4/c28-21-15-18(12-13-19(21)26(34)31-22-10-6-9-20(24(22)29)25(30)33)23-11-4-5-14-32(23)27(35)36-16-17-7-2-1-3-8-17/h1-3,6-10,12-13,15,23H,4-5,11,14,16,29H2,(H2,30,33)(H,31,34)/t23-/m1/s1. The number of carbonyl (C=O) groups is 3. The van der Waals surface area contributed by atoms with Crippen molar-refractivity contribution in [2.75, 3.05) is 17.6 Å². The Balaban J connectivity index is 1.48. The largest absolute Gasteiger partial charge is 0.445 e. The van der Waals surface area contributed by atoms with Crippen LogP contribution in [-0.2, 0) is 11.3 Å². The summed E-state index contributed by atoms with van der Waals surface area (Å²) in [7, 11) is 0. The van der Waals surface area contributed by atoms with Gasteiger partial charge in [-0.15, -0.1) is 0 Å². The van der Waals surface area contributed by atoms with E-state index in [1.165, 1.54) is 30.3 Å². The van der Waals surface area contributed by atoms with Gasteiger partial charge in [-0.1, -0.05) is 42.5 Å². The molecule has 0 aromatic heterocycles. The molecule has 3 amide bonds. The fourth-order valence-corrected chi connectivity index (χ4v) is 4.30. The first-order chi connectivity index (χ1) is 17.3. The van der Waals surface area contributed by atoms with Crippen LogP contribution in [0.5, 0.6) is 0 Å². The zero-order chi connectivity index (χ0) is 25.7. The van der Waals surface area contributed by atoms with Gasteiger partial charge in [-0.25, -0.2) is 9.18 Å². The molecule has 9 heteroatoms. The van der Waals surface area contributed by atoms with Crippen LogP contribution in [-0.4, -0.2) is 29.4 Å². The number of carbonyl (C=O) groups excluding carboxylic acids is 3. The number of nitrogens with two attached hydrogens (primary N) is 2. The molecule has 8 nitrogen and oxygen atoms in total. The first kappa shape index (κ1) is 24.7. The second-order valence-corrected chi connectivity index (χ2v) is 8.57. The number of nitrogens with one attached hydrogen (secondary N) is 1. The zero-order valence-corrected chi connectivity index (χ0v) is 19.6. The predicted octanol–water partition coefficient (Wildman–Crippen LogP) is 4.62. The Morgan fingerprint density at radius 3 is 2.50 bits per heavy atom. The molecule has 3 aromatic carbocycles. The SMILES string of the molecule is NC(=O)c1cccc(NC(=O)c2ccc([C@H]3CCCCN3C(=O)OCc3ccccc3)cc2F)c1N. The summed E-state index contributed by atoms with van der Waals surface area (Å²) in [5, 5.41) is 2.52. The Kier molecular flexibility index (Phi) is 7.48. The number of ether oxygens (including phenoxy) is 1. The molecule has 1 fully saturated rings.